The number of aromatic carboxylic acids is 1. The van der Waals surface area contributed by atoms with Crippen molar-refractivity contribution in [2.45, 2.75) is 0 Å². The van der Waals surface area contributed by atoms with Crippen molar-refractivity contribution in [2.24, 2.45) is 0 Å². The van der Waals surface area contributed by atoms with Gasteiger partial charge in [0, 0.05) is 0 Å². The van der Waals surface area contributed by atoms with Gasteiger partial charge in [0.1, 0.15) is 0 Å². The van der Waals surface area contributed by atoms with Crippen molar-refractivity contribution in [1.29, 1.82) is 0 Å². The van der Waals surface area contributed by atoms with Crippen LogP contribution in [0.1, 0.15) is 10.4 Å². The quantitative estimate of drug-likeness (QED) is 0.230. The molecular weight excluding hydrogens is 497 g/mol. The number of nitrogens with zero attached hydrogens (tertiary/aromatic N) is 1. The zero-order chi connectivity index (χ0) is 25.7. The van der Waals surface area contributed by atoms with E-state index < -0.39 is 12.8 Å². The Balaban J connectivity index is 0.00000336. The normalized spacial score (nSPS) is 11.8. The van der Waals surface area contributed by atoms with Crippen LogP contribution in [0.25, 0.3) is 0 Å². The molecule has 0 aromatic heterocycles. The van der Waals surface area contributed by atoms with Crippen LogP contribution in [0.4, 0.5) is 5.69 Å². The molecule has 5 aromatic carbocycles. The molecule has 6 nitrogen and oxygen atoms in total. The van der Waals surface area contributed by atoms with Crippen LogP contribution in [0, 0.1) is 4.91 Å². The molecule has 2 N–H and O–H groups in total. The van der Waals surface area contributed by atoms with Crippen LogP contribution in [-0.2, 0) is 4.62 Å². The first-order chi connectivity index (χ1) is 18.1. The summed E-state index contributed by atoms with van der Waals surface area (Å²) >= 11 is 0. The van der Waals surface area contributed by atoms with E-state index in [1.165, 1.54) is 12.1 Å². The summed E-state index contributed by atoms with van der Waals surface area (Å²) in [5, 5.41) is 15.1. The monoisotopic (exact) mass is 523 g/mol. The minimum atomic E-state index is -4.29. The molecule has 0 aliphatic carbocycles. The van der Waals surface area contributed by atoms with Gasteiger partial charge in [-0.25, -0.2) is 0 Å². The van der Waals surface area contributed by atoms with Crippen molar-refractivity contribution in [3.05, 3.63) is 156 Å². The van der Waals surface area contributed by atoms with Gasteiger partial charge >= 0.3 is 215 Å². The summed E-state index contributed by atoms with van der Waals surface area (Å²) in [4.78, 5) is 26.4. The maximum atomic E-state index is 14.1. The zero-order valence-corrected chi connectivity index (χ0v) is 21.3. The average molecular weight is 524 g/mol. The van der Waals surface area contributed by atoms with Crippen molar-refractivity contribution in [2.75, 3.05) is 0 Å². The third-order valence-electron chi connectivity index (χ3n) is 6.55. The van der Waals surface area contributed by atoms with Gasteiger partial charge in [-0.1, -0.05) is 0 Å². The fraction of sp³-hybridized carbons (Fsp3) is 0. The van der Waals surface area contributed by atoms with Crippen molar-refractivity contribution in [1.82, 2.24) is 0 Å². The molecule has 5 rings (SSSR count). The van der Waals surface area contributed by atoms with E-state index in [-0.39, 0.29) is 16.7 Å². The van der Waals surface area contributed by atoms with Gasteiger partial charge < -0.3 is 5.48 Å². The number of hydrogen-bond acceptors (Lipinski definition) is 4. The molecule has 0 aliphatic heterocycles. The van der Waals surface area contributed by atoms with E-state index >= 15 is 0 Å². The Labute approximate surface area is 220 Å². The number of carboxylic acid groups (broad SMARTS) is 1. The molecule has 0 radical (unpaired) electrons. The molecule has 0 amide bonds. The molecule has 0 fully saturated rings. The van der Waals surface area contributed by atoms with Gasteiger partial charge in [0.2, 0.25) is 0 Å². The molecule has 5 aromatic rings. The Morgan fingerprint density at radius 3 is 1.21 bits per heavy atom. The summed E-state index contributed by atoms with van der Waals surface area (Å²) in [5.74, 6) is -1.46. The van der Waals surface area contributed by atoms with Crippen molar-refractivity contribution in [3.8, 4) is 0 Å². The van der Waals surface area contributed by atoms with Crippen LogP contribution in [0.2, 0.25) is 0 Å². The van der Waals surface area contributed by atoms with Crippen molar-refractivity contribution in [3.63, 3.8) is 0 Å². The summed E-state index contributed by atoms with van der Waals surface area (Å²) in [6.07, 6.45) is 0. The number of carboxylic acids is 1. The van der Waals surface area contributed by atoms with E-state index in [2.05, 4.69) is 0 Å². The Morgan fingerprint density at radius 2 is 0.868 bits per heavy atom. The van der Waals surface area contributed by atoms with Crippen LogP contribution < -0.4 is 26.3 Å². The van der Waals surface area contributed by atoms with Gasteiger partial charge in [0.25, 0.3) is 0 Å². The van der Waals surface area contributed by atoms with Crippen molar-refractivity contribution < 1.29 is 24.9 Å². The number of benzene rings is 5. The van der Waals surface area contributed by atoms with Gasteiger partial charge in [-0.3, -0.25) is 0 Å². The standard InChI is InChI=1S/C31H24NO4P.H2O/c33-31(34)29-23-13-14-24-30(29)32(35)36-37(25-15-5-1-6-16-25,26-17-7-2-8-18-26,27-19-9-3-10-20-27)28-21-11-4-12-22-28;/h1-24H;1H2. The molecule has 0 saturated carbocycles. The van der Waals surface area contributed by atoms with Crippen LogP contribution in [0.5, 0.6) is 0 Å². The fourth-order valence-electron chi connectivity index (χ4n) is 4.93. The van der Waals surface area contributed by atoms with Crippen molar-refractivity contribution >= 4 is 39.7 Å². The first kappa shape index (κ1) is 26.4. The Morgan fingerprint density at radius 1 is 0.553 bits per heavy atom. The summed E-state index contributed by atoms with van der Waals surface area (Å²) in [5.41, 5.74) is -0.397. The topological polar surface area (TPSA) is 101 Å². The predicted octanol–water partition coefficient (Wildman–Crippen LogP) is 3.34. The number of carbonyl (C=O) groups excluding carboxylic acids is 1. The van der Waals surface area contributed by atoms with Gasteiger partial charge in [0.15, 0.2) is 0 Å². The SMILES string of the molecule is O.O=C([O-])c1ccccc1[N+](=O)OP(c1ccccc1)(c1ccccc1)(c1ccccc1)c1ccccc1. The van der Waals surface area contributed by atoms with Gasteiger partial charge in [-0.05, 0) is 0 Å². The summed E-state index contributed by atoms with van der Waals surface area (Å²) in [6, 6.07) is 44.6. The second-order valence-corrected chi connectivity index (χ2v) is 12.8. The van der Waals surface area contributed by atoms with E-state index in [1.807, 2.05) is 121 Å². The predicted molar refractivity (Wildman–Crippen MR) is 150 cm³/mol. The Hall–Kier alpha value is -4.64. The number of rotatable bonds is 8. The molecule has 0 aliphatic rings. The zero-order valence-electron chi connectivity index (χ0n) is 20.4. The van der Waals surface area contributed by atoms with Crippen LogP contribution in [0.15, 0.2) is 146 Å². The molecule has 0 atom stereocenters. The Bertz CT molecular complexity index is 1380. The third kappa shape index (κ3) is 4.06. The second-order valence-electron chi connectivity index (χ2n) is 8.52. The fourth-order valence-corrected chi connectivity index (χ4v) is 10.4. The molecule has 0 bridgehead atoms. The molecule has 0 heterocycles. The molecule has 0 spiro atoms. The van der Waals surface area contributed by atoms with Crippen LogP contribution in [-0.4, -0.2) is 16.4 Å². The molecule has 0 saturated heterocycles. The summed E-state index contributed by atoms with van der Waals surface area (Å²) in [6.45, 7) is -4.29. The molecule has 38 heavy (non-hydrogen) atoms. The number of hydrogen-bond donors (Lipinski definition) is 0. The van der Waals surface area contributed by atoms with Gasteiger partial charge in [-0.15, -0.1) is 0 Å². The average Bonchev–Trinajstić information content (AvgIpc) is 2.98. The van der Waals surface area contributed by atoms with Crippen LogP contribution >= 0.6 is 6.83 Å². The first-order valence-electron chi connectivity index (χ1n) is 11.8. The molecule has 7 heteroatoms. The summed E-state index contributed by atoms with van der Waals surface area (Å²) in [7, 11) is 0. The third-order valence-corrected chi connectivity index (χ3v) is 12.2. The summed E-state index contributed by atoms with van der Waals surface area (Å²) < 4.78 is 6.86. The van der Waals surface area contributed by atoms with E-state index in [9.17, 15) is 14.8 Å². The maximum absolute atomic E-state index is 14.1. The van der Waals surface area contributed by atoms with E-state index in [0.29, 0.717) is 4.92 Å². The molecular formula is C31H26NO5P. The van der Waals surface area contributed by atoms with Gasteiger partial charge in [0.05, 0.1) is 0 Å². The van der Waals surface area contributed by atoms with Crippen LogP contribution in [0.3, 0.4) is 0 Å². The van der Waals surface area contributed by atoms with E-state index in [4.69, 9.17) is 4.62 Å². The first-order valence-corrected chi connectivity index (χ1v) is 13.9. The molecule has 0 unspecified atom stereocenters. The molecule has 190 valence electrons. The van der Waals surface area contributed by atoms with E-state index in [0.717, 1.165) is 21.2 Å². The van der Waals surface area contributed by atoms with E-state index in [1.54, 1.807) is 12.1 Å². The minimum absolute atomic E-state index is 0. The second kappa shape index (κ2) is 10.8. The van der Waals surface area contributed by atoms with Gasteiger partial charge in [-0.2, -0.15) is 0 Å². The number of carbonyl (C=O) groups is 1. The number of para-hydroxylation sites is 1. The Kier molecular flexibility index (Phi) is 7.49.